The maximum absolute atomic E-state index is 13.1. The van der Waals surface area contributed by atoms with Crippen LogP contribution in [0.1, 0.15) is 29.6 Å². The SMILES string of the molecule is O=C(NCCCNC(=O)N1CC2CC=CCC2C1)c1cccc(F)c1. The highest BCUT2D eigenvalue weighted by atomic mass is 19.1. The first kappa shape index (κ1) is 17.5. The third-order valence-corrected chi connectivity index (χ3v) is 4.91. The molecule has 25 heavy (non-hydrogen) atoms. The standard InChI is InChI=1S/C19H24FN3O2/c20-17-8-3-7-14(11-17)18(24)21-9-4-10-22-19(25)23-12-15-5-1-2-6-16(15)13-23/h1-3,7-8,11,15-16H,4-6,9-10,12-13H2,(H,21,24)(H,22,25). The van der Waals surface area contributed by atoms with Crippen LogP contribution in [-0.2, 0) is 0 Å². The first-order valence-electron chi connectivity index (χ1n) is 8.85. The first-order valence-corrected chi connectivity index (χ1v) is 8.85. The summed E-state index contributed by atoms with van der Waals surface area (Å²) < 4.78 is 13.1. The quantitative estimate of drug-likeness (QED) is 0.636. The molecule has 1 aliphatic heterocycles. The zero-order chi connectivity index (χ0) is 17.6. The highest BCUT2D eigenvalue weighted by Gasteiger charge is 2.34. The van der Waals surface area contributed by atoms with E-state index in [4.69, 9.17) is 0 Å². The van der Waals surface area contributed by atoms with Crippen molar-refractivity contribution >= 4 is 11.9 Å². The van der Waals surface area contributed by atoms with Crippen LogP contribution in [0.15, 0.2) is 36.4 Å². The van der Waals surface area contributed by atoms with Crippen LogP contribution in [0.3, 0.4) is 0 Å². The van der Waals surface area contributed by atoms with E-state index in [2.05, 4.69) is 22.8 Å². The minimum Gasteiger partial charge on any atom is -0.352 e. The minimum absolute atomic E-state index is 0.0224. The van der Waals surface area contributed by atoms with Crippen molar-refractivity contribution in [2.75, 3.05) is 26.2 Å². The molecule has 1 heterocycles. The molecular formula is C19H24FN3O2. The summed E-state index contributed by atoms with van der Waals surface area (Å²) in [5.41, 5.74) is 0.303. The average molecular weight is 345 g/mol. The van der Waals surface area contributed by atoms with Gasteiger partial charge in [-0.25, -0.2) is 9.18 Å². The number of fused-ring (bicyclic) bond motifs is 1. The van der Waals surface area contributed by atoms with Crippen LogP contribution in [0.2, 0.25) is 0 Å². The van der Waals surface area contributed by atoms with Gasteiger partial charge in [-0.3, -0.25) is 4.79 Å². The Bertz CT molecular complexity index is 646. The Kier molecular flexibility index (Phi) is 5.68. The van der Waals surface area contributed by atoms with Crippen molar-refractivity contribution in [3.8, 4) is 0 Å². The van der Waals surface area contributed by atoms with Crippen LogP contribution >= 0.6 is 0 Å². The van der Waals surface area contributed by atoms with Gasteiger partial charge in [-0.1, -0.05) is 18.2 Å². The maximum atomic E-state index is 13.1. The molecule has 134 valence electrons. The predicted octanol–water partition coefficient (Wildman–Crippen LogP) is 2.55. The predicted molar refractivity (Wildman–Crippen MR) is 93.7 cm³/mol. The van der Waals surface area contributed by atoms with Gasteiger partial charge in [0, 0.05) is 31.7 Å². The Hall–Kier alpha value is -2.37. The van der Waals surface area contributed by atoms with E-state index < -0.39 is 5.82 Å². The number of likely N-dealkylation sites (tertiary alicyclic amines) is 1. The van der Waals surface area contributed by atoms with E-state index in [0.29, 0.717) is 36.9 Å². The van der Waals surface area contributed by atoms with Gasteiger partial charge in [0.1, 0.15) is 5.82 Å². The third-order valence-electron chi connectivity index (χ3n) is 4.91. The average Bonchev–Trinajstić information content (AvgIpc) is 3.05. The Labute approximate surface area is 147 Å². The van der Waals surface area contributed by atoms with Crippen LogP contribution in [0, 0.1) is 17.7 Å². The first-order chi connectivity index (χ1) is 12.1. The second kappa shape index (κ2) is 8.14. The number of hydrogen-bond acceptors (Lipinski definition) is 2. The molecule has 3 amide bonds. The van der Waals surface area contributed by atoms with E-state index in [1.54, 1.807) is 6.07 Å². The molecule has 0 saturated carbocycles. The fourth-order valence-electron chi connectivity index (χ4n) is 3.51. The monoisotopic (exact) mass is 345 g/mol. The van der Waals surface area contributed by atoms with Gasteiger partial charge < -0.3 is 15.5 Å². The van der Waals surface area contributed by atoms with Gasteiger partial charge in [-0.15, -0.1) is 0 Å². The second-order valence-electron chi connectivity index (χ2n) is 6.72. The van der Waals surface area contributed by atoms with Gasteiger partial charge in [0.2, 0.25) is 0 Å². The summed E-state index contributed by atoms with van der Waals surface area (Å²) in [5, 5.41) is 5.64. The van der Waals surface area contributed by atoms with Gasteiger partial charge in [0.15, 0.2) is 0 Å². The number of nitrogens with zero attached hydrogens (tertiary/aromatic N) is 1. The number of nitrogens with one attached hydrogen (secondary N) is 2. The summed E-state index contributed by atoms with van der Waals surface area (Å²) in [6, 6.07) is 5.57. The van der Waals surface area contributed by atoms with E-state index in [0.717, 1.165) is 25.9 Å². The van der Waals surface area contributed by atoms with Crippen molar-refractivity contribution in [2.45, 2.75) is 19.3 Å². The lowest BCUT2D eigenvalue weighted by atomic mass is 9.86. The lowest BCUT2D eigenvalue weighted by molar-refractivity contribution is 0.0953. The molecular weight excluding hydrogens is 321 g/mol. The number of carbonyl (C=O) groups is 2. The minimum atomic E-state index is -0.429. The highest BCUT2D eigenvalue weighted by Crippen LogP contribution is 2.32. The molecule has 1 saturated heterocycles. The second-order valence-corrected chi connectivity index (χ2v) is 6.72. The van der Waals surface area contributed by atoms with Crippen molar-refractivity contribution in [2.24, 2.45) is 11.8 Å². The number of urea groups is 1. The summed E-state index contributed by atoms with van der Waals surface area (Å²) in [5.74, 6) is 0.464. The largest absolute Gasteiger partial charge is 0.352 e. The Balaban J connectivity index is 1.32. The highest BCUT2D eigenvalue weighted by molar-refractivity contribution is 5.94. The van der Waals surface area contributed by atoms with E-state index >= 15 is 0 Å². The lowest BCUT2D eigenvalue weighted by Gasteiger charge is -2.17. The van der Waals surface area contributed by atoms with E-state index in [-0.39, 0.29) is 11.9 Å². The molecule has 0 aromatic heterocycles. The Morgan fingerprint density at radius 1 is 1.08 bits per heavy atom. The fourth-order valence-corrected chi connectivity index (χ4v) is 3.51. The van der Waals surface area contributed by atoms with Gasteiger partial charge in [0.25, 0.3) is 5.91 Å². The number of amides is 3. The molecule has 1 aliphatic carbocycles. The van der Waals surface area contributed by atoms with Crippen LogP contribution in [0.4, 0.5) is 9.18 Å². The van der Waals surface area contributed by atoms with Gasteiger partial charge in [-0.05, 0) is 49.3 Å². The van der Waals surface area contributed by atoms with Crippen LogP contribution in [0.25, 0.3) is 0 Å². The summed E-state index contributed by atoms with van der Waals surface area (Å²) in [6.07, 6.45) is 7.20. The molecule has 1 fully saturated rings. The third kappa shape index (κ3) is 4.59. The van der Waals surface area contributed by atoms with E-state index in [1.165, 1.54) is 18.2 Å². The van der Waals surface area contributed by atoms with E-state index in [1.807, 2.05) is 4.90 Å². The molecule has 0 spiro atoms. The van der Waals surface area contributed by atoms with Crippen molar-refractivity contribution in [1.82, 2.24) is 15.5 Å². The Morgan fingerprint density at radius 2 is 1.76 bits per heavy atom. The van der Waals surface area contributed by atoms with Crippen molar-refractivity contribution in [1.29, 1.82) is 0 Å². The maximum Gasteiger partial charge on any atom is 0.317 e. The molecule has 2 N–H and O–H groups in total. The van der Waals surface area contributed by atoms with Crippen LogP contribution in [0.5, 0.6) is 0 Å². The summed E-state index contributed by atoms with van der Waals surface area (Å²) in [6.45, 7) is 2.60. The number of benzene rings is 1. The van der Waals surface area contributed by atoms with Crippen molar-refractivity contribution in [3.63, 3.8) is 0 Å². The van der Waals surface area contributed by atoms with Gasteiger partial charge >= 0.3 is 6.03 Å². The topological polar surface area (TPSA) is 61.4 Å². The van der Waals surface area contributed by atoms with E-state index in [9.17, 15) is 14.0 Å². The molecule has 1 aromatic rings. The summed E-state index contributed by atoms with van der Waals surface area (Å²) in [7, 11) is 0. The van der Waals surface area contributed by atoms with Crippen LogP contribution in [-0.4, -0.2) is 43.0 Å². The number of allylic oxidation sites excluding steroid dienone is 2. The molecule has 0 bridgehead atoms. The number of rotatable bonds is 5. The van der Waals surface area contributed by atoms with Gasteiger partial charge in [-0.2, -0.15) is 0 Å². The number of hydrogen-bond donors (Lipinski definition) is 2. The zero-order valence-electron chi connectivity index (χ0n) is 14.2. The van der Waals surface area contributed by atoms with Crippen molar-refractivity contribution < 1.29 is 14.0 Å². The fraction of sp³-hybridized carbons (Fsp3) is 0.474. The molecule has 2 atom stereocenters. The molecule has 3 rings (SSSR count). The lowest BCUT2D eigenvalue weighted by Crippen LogP contribution is -2.40. The molecule has 5 nitrogen and oxygen atoms in total. The zero-order valence-corrected chi connectivity index (χ0v) is 14.2. The molecule has 2 aliphatic rings. The number of carbonyl (C=O) groups excluding carboxylic acids is 2. The smallest absolute Gasteiger partial charge is 0.317 e. The molecule has 2 unspecified atom stereocenters. The van der Waals surface area contributed by atoms with Crippen LogP contribution < -0.4 is 10.6 Å². The molecule has 6 heteroatoms. The normalized spacial score (nSPS) is 21.7. The Morgan fingerprint density at radius 3 is 2.44 bits per heavy atom. The van der Waals surface area contributed by atoms with Crippen molar-refractivity contribution in [3.05, 3.63) is 47.8 Å². The summed E-state index contributed by atoms with van der Waals surface area (Å²) >= 11 is 0. The van der Waals surface area contributed by atoms with Gasteiger partial charge in [0.05, 0.1) is 0 Å². The summed E-state index contributed by atoms with van der Waals surface area (Å²) in [4.78, 5) is 26.0. The molecule has 1 aromatic carbocycles. The molecule has 0 radical (unpaired) electrons. The number of halogens is 1.